The van der Waals surface area contributed by atoms with Crippen LogP contribution in [-0.2, 0) is 85.6 Å². The van der Waals surface area contributed by atoms with Gasteiger partial charge in [-0.1, -0.05) is 125 Å². The highest BCUT2D eigenvalue weighted by Gasteiger charge is 2.81. The second-order valence-electron chi connectivity index (χ2n) is 36.0. The standard InChI is InChI=1S/2C45H57NO14/c1-10-55-34-31-24(2)28(57-39(52)33(49)32(26-17-13-11-14-18-26)46-40(53)60-41(4,5)6)22-45(54,42(31,7)8)37(58-38(51)27-19-15-12-16-20-27)35-43(9,36(34)50)29(48)21-30-44(35,23-56-30)59-25(3)47;1-10-55-29-21-30-44(23-56-30,59-25(3)47)35-37(58-38(51)27-19-15-12-16-20-27)45(54)22-28(24(2)31(42(45,7)8)33(48)36(50)43(29,35)9)57-39(52)34(49)32(26-17-13-11-14-18-26)46-40(53)60-41(4,5)6/h2*11-20,28-30,32-35,37,48-49,54H,10,21-23H2,1-9H3,(H,46,53)/t2*28-,29-,30+,32?,33+,34+,35-,37-,43+,44-,45+/m00/s1. The summed E-state index contributed by atoms with van der Waals surface area (Å²) in [6, 6.07) is 29.7. The summed E-state index contributed by atoms with van der Waals surface area (Å²) < 4.78 is 72.5. The predicted octanol–water partition coefficient (Wildman–Crippen LogP) is 8.61. The second-order valence-corrected chi connectivity index (χ2v) is 36.0. The normalized spacial score (nSPS) is 33.0. The second kappa shape index (κ2) is 34.2. The zero-order chi connectivity index (χ0) is 88.3. The maximum Gasteiger partial charge on any atom is 0.408 e. The summed E-state index contributed by atoms with van der Waals surface area (Å²) in [7, 11) is 0. The van der Waals surface area contributed by atoms with Gasteiger partial charge in [-0.25, -0.2) is 28.8 Å². The Morgan fingerprint density at radius 2 is 0.875 bits per heavy atom. The van der Waals surface area contributed by atoms with Gasteiger partial charge in [0.05, 0.1) is 71.3 Å². The molecule has 6 aliphatic carbocycles. The van der Waals surface area contributed by atoms with E-state index in [1.54, 1.807) is 201 Å². The van der Waals surface area contributed by atoms with Crippen LogP contribution in [0.1, 0.15) is 194 Å². The van der Waals surface area contributed by atoms with Gasteiger partial charge >= 0.3 is 48.0 Å². The number of Topliss-reactive ketones (excluding diaryl/α,β-unsaturated/α-hetero) is 2. The lowest BCUT2D eigenvalue weighted by molar-refractivity contribution is -0.348. The summed E-state index contributed by atoms with van der Waals surface area (Å²) in [4.78, 5) is 140. The molecule has 12 rings (SSSR count). The summed E-state index contributed by atoms with van der Waals surface area (Å²) in [5.74, 6) is -9.84. The summed E-state index contributed by atoms with van der Waals surface area (Å²) >= 11 is 0. The van der Waals surface area contributed by atoms with Gasteiger partial charge in [-0.2, -0.15) is 0 Å². The monoisotopic (exact) mass is 1670 g/mol. The zero-order valence-corrected chi connectivity index (χ0v) is 71.1. The number of rotatable bonds is 20. The van der Waals surface area contributed by atoms with Gasteiger partial charge in [-0.3, -0.25) is 19.2 Å². The molecular weight excluding hydrogens is 1560 g/mol. The smallest absolute Gasteiger partial charge is 0.408 e. The van der Waals surface area contributed by atoms with Crippen LogP contribution in [0, 0.1) is 33.5 Å². The van der Waals surface area contributed by atoms with E-state index in [1.807, 2.05) is 0 Å². The highest BCUT2D eigenvalue weighted by atomic mass is 16.7. The third-order valence-electron chi connectivity index (χ3n) is 25.8. The number of nitrogens with one attached hydrogen (secondary N) is 2. The Hall–Kier alpha value is -9.34. The number of carbonyl (C=O) groups excluding carboxylic acids is 10. The lowest BCUT2D eigenvalue weighted by Crippen LogP contribution is -2.82. The minimum Gasteiger partial charge on any atom is -0.456 e. The fourth-order valence-electron chi connectivity index (χ4n) is 19.8. The van der Waals surface area contributed by atoms with Crippen LogP contribution in [0.3, 0.4) is 0 Å². The van der Waals surface area contributed by atoms with E-state index in [-0.39, 0.29) is 67.1 Å². The van der Waals surface area contributed by atoms with E-state index in [9.17, 15) is 69.0 Å². The van der Waals surface area contributed by atoms with E-state index >= 15 is 9.59 Å². The largest absolute Gasteiger partial charge is 0.456 e. The molecule has 0 spiro atoms. The molecular formula is C90H114N2O28. The quantitative estimate of drug-likeness (QED) is 0.0233. The highest BCUT2D eigenvalue weighted by Crippen LogP contribution is 2.67. The Balaban J connectivity index is 0.000000235. The average Bonchev–Trinajstić information content (AvgIpc) is 0.672. The number of hydrogen-bond donors (Lipinski definition) is 8. The van der Waals surface area contributed by atoms with Crippen LogP contribution in [-0.4, -0.2) is 223 Å². The number of aliphatic hydroxyl groups is 6. The van der Waals surface area contributed by atoms with Crippen LogP contribution in [0.4, 0.5) is 9.59 Å². The van der Waals surface area contributed by atoms with Crippen LogP contribution < -0.4 is 10.6 Å². The van der Waals surface area contributed by atoms with Gasteiger partial charge in [0.2, 0.25) is 0 Å². The van der Waals surface area contributed by atoms with Gasteiger partial charge in [0, 0.05) is 63.6 Å². The Bertz CT molecular complexity index is 4600. The van der Waals surface area contributed by atoms with Crippen LogP contribution in [0.2, 0.25) is 0 Å². The molecule has 4 aromatic carbocycles. The third kappa shape index (κ3) is 16.5. The fourth-order valence-corrected chi connectivity index (χ4v) is 19.8. The molecule has 2 saturated heterocycles. The number of esters is 6. The van der Waals surface area contributed by atoms with Crippen LogP contribution in [0.5, 0.6) is 0 Å². The van der Waals surface area contributed by atoms with Gasteiger partial charge < -0.3 is 98.1 Å². The molecule has 2 aliphatic heterocycles. The molecule has 22 atom stereocenters. The van der Waals surface area contributed by atoms with Crippen LogP contribution in [0.25, 0.3) is 0 Å². The number of fused-ring (bicyclic) bond motifs is 10. The fraction of sp³-hybridized carbons (Fsp3) is 0.578. The molecule has 0 aromatic heterocycles. The van der Waals surface area contributed by atoms with Gasteiger partial charge in [0.25, 0.3) is 0 Å². The lowest BCUT2D eigenvalue weighted by Gasteiger charge is -2.67. The first-order valence-corrected chi connectivity index (χ1v) is 40.6. The average molecular weight is 1670 g/mol. The van der Waals surface area contributed by atoms with E-state index in [2.05, 4.69) is 10.6 Å². The van der Waals surface area contributed by atoms with Crippen molar-refractivity contribution < 1.29 is 135 Å². The van der Waals surface area contributed by atoms with Crippen molar-refractivity contribution in [3.63, 3.8) is 0 Å². The summed E-state index contributed by atoms with van der Waals surface area (Å²) in [5, 5.41) is 80.2. The number of ether oxygens (including phenoxy) is 12. The molecule has 30 heteroatoms. The number of amides is 2. The highest BCUT2D eigenvalue weighted by molar-refractivity contribution is 5.96. The van der Waals surface area contributed by atoms with Crippen molar-refractivity contribution in [1.29, 1.82) is 0 Å². The van der Waals surface area contributed by atoms with Crippen molar-refractivity contribution in [1.82, 2.24) is 10.6 Å². The number of ketones is 2. The summed E-state index contributed by atoms with van der Waals surface area (Å²) in [5.41, 5.74) is -14.8. The van der Waals surface area contributed by atoms with Gasteiger partial charge in [0.1, 0.15) is 71.2 Å². The maximum absolute atomic E-state index is 15.5. The summed E-state index contributed by atoms with van der Waals surface area (Å²) in [6.07, 6.45) is -20.7. The van der Waals surface area contributed by atoms with Crippen molar-refractivity contribution in [2.75, 3.05) is 26.4 Å². The van der Waals surface area contributed by atoms with Gasteiger partial charge in [-0.05, 0) is 141 Å². The first kappa shape index (κ1) is 91.4. The maximum atomic E-state index is 15.5. The van der Waals surface area contributed by atoms with Crippen molar-refractivity contribution in [2.45, 2.75) is 269 Å². The molecule has 8 N–H and O–H groups in total. The third-order valence-corrected chi connectivity index (χ3v) is 25.8. The Morgan fingerprint density at radius 1 is 0.508 bits per heavy atom. The van der Waals surface area contributed by atoms with Gasteiger partial charge in [-0.15, -0.1) is 0 Å². The molecule has 4 saturated carbocycles. The Kier molecular flexibility index (Phi) is 26.0. The topological polar surface area (TPSA) is 427 Å². The first-order chi connectivity index (χ1) is 56.1. The molecule has 652 valence electrons. The van der Waals surface area contributed by atoms with E-state index in [0.29, 0.717) is 16.7 Å². The van der Waals surface area contributed by atoms with Crippen molar-refractivity contribution in [2.24, 2.45) is 33.5 Å². The molecule has 120 heavy (non-hydrogen) atoms. The predicted molar refractivity (Wildman–Crippen MR) is 426 cm³/mol. The van der Waals surface area contributed by atoms with E-state index in [0.717, 1.165) is 0 Å². The lowest BCUT2D eigenvalue weighted by atomic mass is 9.44. The summed E-state index contributed by atoms with van der Waals surface area (Å²) in [6.45, 7) is 28.2. The van der Waals surface area contributed by atoms with Crippen LogP contribution >= 0.6 is 0 Å². The number of aliphatic hydroxyl groups excluding tert-OH is 4. The van der Waals surface area contributed by atoms with Gasteiger partial charge in [0.15, 0.2) is 35.0 Å². The van der Waals surface area contributed by atoms with E-state index in [1.165, 1.54) is 45.0 Å². The Labute approximate surface area is 697 Å². The first-order valence-electron chi connectivity index (χ1n) is 40.6. The number of carbonyl (C=O) groups is 10. The molecule has 2 amide bonds. The molecule has 2 heterocycles. The molecule has 4 bridgehead atoms. The molecule has 6 fully saturated rings. The number of alkyl carbamates (subject to hydrolysis) is 2. The minimum atomic E-state index is -2.30. The minimum absolute atomic E-state index is 0.00392. The molecule has 30 nitrogen and oxygen atoms in total. The SMILES string of the molecule is CCO[C@H]1C(=O)[C@@]2(C)[C@H]([C@H](OC(=O)c3ccccc3)[C@]3(O)C[C@H](OC(=O)[C@H](O)C(NC(=O)OC(C)(C)C)c4ccccc4)C(C)=C1C3(C)C)[C@]1(OC(C)=O)CO[C@@H]1C[C@@H]2O.CCO[C@H]1C[C@H]2OC[C@@]2(OC(C)=O)[C@H]2[C@H](OC(=O)c3ccccc3)[C@]3(O)C[C@H](OC(=O)[C@H](O)C(NC(=O)OC(C)(C)C)c4ccccc4)C(C)=C([C@@H](O)C(=O)[C@]12C)C3(C)C. The molecule has 0 radical (unpaired) electrons. The Morgan fingerprint density at radius 3 is 1.24 bits per heavy atom. The molecule has 2 unspecified atom stereocenters. The van der Waals surface area contributed by atoms with Crippen molar-refractivity contribution in [3.8, 4) is 0 Å². The number of benzene rings is 4. The van der Waals surface area contributed by atoms with Crippen molar-refractivity contribution in [3.05, 3.63) is 166 Å². The molecule has 8 aliphatic rings. The van der Waals surface area contributed by atoms with Crippen molar-refractivity contribution >= 4 is 59.6 Å². The van der Waals surface area contributed by atoms with E-state index in [4.69, 9.17) is 56.8 Å². The number of hydrogen-bond acceptors (Lipinski definition) is 28. The molecule has 4 aromatic rings. The van der Waals surface area contributed by atoms with E-state index < -0.39 is 225 Å². The zero-order valence-electron chi connectivity index (χ0n) is 71.1. The van der Waals surface area contributed by atoms with Crippen LogP contribution in [0.15, 0.2) is 144 Å².